The molecule has 3 aromatic heterocycles. The van der Waals surface area contributed by atoms with Gasteiger partial charge in [-0.1, -0.05) is 17.7 Å². The molecule has 5 aromatic rings. The molecule has 2 aromatic carbocycles. The molecule has 1 aliphatic carbocycles. The molecular formula is C32H31FN6O3. The number of aromatic nitrogens is 4. The monoisotopic (exact) mass is 566 g/mol. The first-order valence-electron chi connectivity index (χ1n) is 14.1. The number of amides is 1. The Labute approximate surface area is 241 Å². The van der Waals surface area contributed by atoms with Gasteiger partial charge in [0, 0.05) is 48.7 Å². The van der Waals surface area contributed by atoms with E-state index in [1.165, 1.54) is 29.7 Å². The summed E-state index contributed by atoms with van der Waals surface area (Å²) in [4.78, 5) is 34.3. The molecule has 1 unspecified atom stereocenters. The molecule has 1 aliphatic heterocycles. The van der Waals surface area contributed by atoms with Gasteiger partial charge >= 0.3 is 0 Å². The van der Waals surface area contributed by atoms with E-state index in [0.717, 1.165) is 29.6 Å². The normalized spacial score (nSPS) is 17.2. The number of rotatable bonds is 6. The summed E-state index contributed by atoms with van der Waals surface area (Å²) in [5.74, 6) is -0.381. The quantitative estimate of drug-likeness (QED) is 0.253. The smallest absolute Gasteiger partial charge is 0.284 e. The van der Waals surface area contributed by atoms with Gasteiger partial charge in [-0.3, -0.25) is 14.3 Å². The molecule has 1 spiro atoms. The zero-order valence-electron chi connectivity index (χ0n) is 23.6. The second-order valence-corrected chi connectivity index (χ2v) is 11.5. The summed E-state index contributed by atoms with van der Waals surface area (Å²) < 4.78 is 24.3. The Morgan fingerprint density at radius 1 is 1.10 bits per heavy atom. The zero-order chi connectivity index (χ0) is 29.2. The summed E-state index contributed by atoms with van der Waals surface area (Å²) in [6.07, 6.45) is 5.18. The number of nitrogens with one attached hydrogen (secondary N) is 3. The predicted molar refractivity (Wildman–Crippen MR) is 158 cm³/mol. The minimum atomic E-state index is -0.647. The highest BCUT2D eigenvalue weighted by Crippen LogP contribution is 2.48. The van der Waals surface area contributed by atoms with Gasteiger partial charge in [-0.2, -0.15) is 0 Å². The van der Waals surface area contributed by atoms with Gasteiger partial charge in [-0.15, -0.1) is 0 Å². The van der Waals surface area contributed by atoms with Gasteiger partial charge in [-0.25, -0.2) is 14.1 Å². The molecule has 9 nitrogen and oxygen atoms in total. The number of ether oxygens (including phenoxy) is 1. The number of carbonyl (C=O) groups excluding carboxylic acids is 1. The largest absolute Gasteiger partial charge is 0.453 e. The summed E-state index contributed by atoms with van der Waals surface area (Å²) in [5.41, 5.74) is 4.05. The fourth-order valence-electron chi connectivity index (χ4n) is 5.96. The molecule has 3 N–H and O–H groups in total. The lowest BCUT2D eigenvalue weighted by Gasteiger charge is -2.10. The average Bonchev–Trinajstić information content (AvgIpc) is 3.27. The Balaban J connectivity index is 1.11. The lowest BCUT2D eigenvalue weighted by Crippen LogP contribution is -2.25. The molecule has 2 fully saturated rings. The molecule has 1 amide bonds. The van der Waals surface area contributed by atoms with E-state index in [4.69, 9.17) is 4.74 Å². The first-order chi connectivity index (χ1) is 20.2. The van der Waals surface area contributed by atoms with Crippen LogP contribution >= 0.6 is 0 Å². The van der Waals surface area contributed by atoms with Crippen LogP contribution in [0.15, 0.2) is 65.6 Å². The number of carbonyl (C=O) groups is 1. The van der Waals surface area contributed by atoms with Crippen molar-refractivity contribution >= 4 is 22.6 Å². The standard InChI is InChI=1S/C32H31FN6O3/c1-18-4-7-22(8-5-18)39-31(41)28(19(2)38(39)3)30(40)36-21-6-9-27(24(33)14-21)42-26-10-13-34-29-23(26)15-25(37-29)20-16-32(11-12-32)35-17-20/h4-10,13-15,20,35H,11-12,16-17H2,1-3H3,(H,34,37)(H,36,40). The topological polar surface area (TPSA) is 106 Å². The van der Waals surface area contributed by atoms with Crippen LogP contribution in [-0.4, -0.2) is 37.3 Å². The number of fused-ring (bicyclic) bond motifs is 1. The van der Waals surface area contributed by atoms with Crippen LogP contribution in [0.4, 0.5) is 10.1 Å². The maximum Gasteiger partial charge on any atom is 0.284 e. The molecular weight excluding hydrogens is 535 g/mol. The number of pyridine rings is 1. The maximum absolute atomic E-state index is 15.2. The summed E-state index contributed by atoms with van der Waals surface area (Å²) in [6, 6.07) is 15.4. The van der Waals surface area contributed by atoms with Crippen LogP contribution in [0.2, 0.25) is 0 Å². The predicted octanol–water partition coefficient (Wildman–Crippen LogP) is 5.46. The van der Waals surface area contributed by atoms with E-state index >= 15 is 4.39 Å². The van der Waals surface area contributed by atoms with Crippen molar-refractivity contribution < 1.29 is 13.9 Å². The van der Waals surface area contributed by atoms with E-state index in [0.29, 0.717) is 34.2 Å². The van der Waals surface area contributed by atoms with Gasteiger partial charge in [0.2, 0.25) is 0 Å². The van der Waals surface area contributed by atoms with Gasteiger partial charge in [0.05, 0.1) is 16.8 Å². The number of aryl methyl sites for hydroxylation is 1. The molecule has 42 heavy (non-hydrogen) atoms. The van der Waals surface area contributed by atoms with Crippen molar-refractivity contribution in [2.24, 2.45) is 7.05 Å². The summed E-state index contributed by atoms with van der Waals surface area (Å²) >= 11 is 0. The second-order valence-electron chi connectivity index (χ2n) is 11.5. The van der Waals surface area contributed by atoms with E-state index in [-0.39, 0.29) is 17.0 Å². The molecule has 214 valence electrons. The number of halogens is 1. The Morgan fingerprint density at radius 2 is 1.88 bits per heavy atom. The van der Waals surface area contributed by atoms with Crippen molar-refractivity contribution in [2.75, 3.05) is 11.9 Å². The molecule has 0 bridgehead atoms. The SMILES string of the molecule is Cc1ccc(-n2c(=O)c(C(=O)Nc3ccc(Oc4ccnc5[nH]c(C6CNC7(CC7)C6)cc45)c(F)c3)c(C)n2C)cc1. The van der Waals surface area contributed by atoms with Crippen LogP contribution in [0, 0.1) is 19.7 Å². The average molecular weight is 567 g/mol. The Hall–Kier alpha value is -4.70. The Morgan fingerprint density at radius 3 is 2.60 bits per heavy atom. The summed E-state index contributed by atoms with van der Waals surface area (Å²) in [6.45, 7) is 4.59. The Kier molecular flexibility index (Phi) is 6.05. The highest BCUT2D eigenvalue weighted by Gasteiger charge is 2.48. The van der Waals surface area contributed by atoms with Crippen LogP contribution < -0.4 is 20.9 Å². The van der Waals surface area contributed by atoms with E-state index < -0.39 is 17.3 Å². The van der Waals surface area contributed by atoms with E-state index in [2.05, 4.69) is 20.6 Å². The molecule has 0 radical (unpaired) electrons. The van der Waals surface area contributed by atoms with Crippen molar-refractivity contribution in [3.63, 3.8) is 0 Å². The number of hydrogen-bond acceptors (Lipinski definition) is 5. The van der Waals surface area contributed by atoms with Crippen LogP contribution in [0.25, 0.3) is 16.7 Å². The van der Waals surface area contributed by atoms with Crippen molar-refractivity contribution in [2.45, 2.75) is 44.6 Å². The van der Waals surface area contributed by atoms with Crippen LogP contribution in [-0.2, 0) is 7.05 Å². The van der Waals surface area contributed by atoms with E-state index in [1.807, 2.05) is 37.3 Å². The lowest BCUT2D eigenvalue weighted by atomic mass is 10.0. The molecule has 7 rings (SSSR count). The molecule has 1 saturated heterocycles. The fraction of sp³-hybridized carbons (Fsp3) is 0.281. The summed E-state index contributed by atoms with van der Waals surface area (Å²) in [5, 5.41) is 7.09. The minimum Gasteiger partial charge on any atom is -0.453 e. The third-order valence-electron chi connectivity index (χ3n) is 8.64. The third kappa shape index (κ3) is 4.48. The first kappa shape index (κ1) is 26.2. The maximum atomic E-state index is 15.2. The number of benzene rings is 2. The zero-order valence-corrected chi connectivity index (χ0v) is 23.6. The number of nitrogens with zero attached hydrogens (tertiary/aromatic N) is 3. The van der Waals surface area contributed by atoms with Crippen molar-refractivity contribution in [3.8, 4) is 17.2 Å². The fourth-order valence-corrected chi connectivity index (χ4v) is 5.96. The van der Waals surface area contributed by atoms with Gasteiger partial charge in [-0.05, 0) is 69.5 Å². The van der Waals surface area contributed by atoms with Crippen molar-refractivity contribution in [1.82, 2.24) is 24.6 Å². The summed E-state index contributed by atoms with van der Waals surface area (Å²) in [7, 11) is 1.72. The van der Waals surface area contributed by atoms with Crippen LogP contribution in [0.1, 0.15) is 52.5 Å². The van der Waals surface area contributed by atoms with Gasteiger partial charge < -0.3 is 20.4 Å². The third-order valence-corrected chi connectivity index (χ3v) is 8.64. The molecule has 2 aliphatic rings. The van der Waals surface area contributed by atoms with Crippen LogP contribution in [0.3, 0.4) is 0 Å². The van der Waals surface area contributed by atoms with Crippen molar-refractivity contribution in [3.05, 3.63) is 99.5 Å². The van der Waals surface area contributed by atoms with Gasteiger partial charge in [0.25, 0.3) is 11.5 Å². The highest BCUT2D eigenvalue weighted by atomic mass is 19.1. The van der Waals surface area contributed by atoms with Crippen LogP contribution in [0.5, 0.6) is 11.5 Å². The molecule has 1 atom stereocenters. The van der Waals surface area contributed by atoms with Crippen molar-refractivity contribution in [1.29, 1.82) is 0 Å². The number of hydrogen-bond donors (Lipinski definition) is 3. The van der Waals surface area contributed by atoms with Gasteiger partial charge in [0.1, 0.15) is 17.0 Å². The van der Waals surface area contributed by atoms with Gasteiger partial charge in [0.15, 0.2) is 11.6 Å². The second kappa shape index (κ2) is 9.70. The van der Waals surface area contributed by atoms with E-state index in [9.17, 15) is 9.59 Å². The van der Waals surface area contributed by atoms with E-state index in [1.54, 1.807) is 37.0 Å². The number of aromatic amines is 1. The molecule has 4 heterocycles. The Bertz CT molecular complexity index is 1920. The molecule has 10 heteroatoms. The number of anilines is 1. The minimum absolute atomic E-state index is 0.00804. The number of H-pyrrole nitrogens is 1. The molecule has 1 saturated carbocycles. The highest BCUT2D eigenvalue weighted by molar-refractivity contribution is 6.05. The first-order valence-corrected chi connectivity index (χ1v) is 14.1. The lowest BCUT2D eigenvalue weighted by molar-refractivity contribution is 0.102.